The molecule has 0 atom stereocenters. The quantitative estimate of drug-likeness (QED) is 0.236. The van der Waals surface area contributed by atoms with Crippen molar-refractivity contribution in [3.63, 3.8) is 0 Å². The Labute approximate surface area is 182 Å². The first kappa shape index (κ1) is 20.5. The Morgan fingerprint density at radius 3 is 1.18 bits per heavy atom. The molecule has 0 radical (unpaired) electrons. The maximum absolute atomic E-state index is 6.38. The van der Waals surface area contributed by atoms with Crippen LogP contribution in [0.1, 0.15) is 11.1 Å². The SMILES string of the molecule is Clc1c(Cl)c(/C=N/Nc2ccccc2)c(Cl)c(Cl)c1/C=N\Nc1ccccc1. The summed E-state index contributed by atoms with van der Waals surface area (Å²) < 4.78 is 0. The van der Waals surface area contributed by atoms with Crippen molar-refractivity contribution in [3.05, 3.63) is 91.9 Å². The molecule has 0 aromatic heterocycles. The van der Waals surface area contributed by atoms with E-state index in [0.717, 1.165) is 11.4 Å². The molecule has 2 N–H and O–H groups in total. The monoisotopic (exact) mass is 450 g/mol. The number of hydrazone groups is 2. The van der Waals surface area contributed by atoms with Gasteiger partial charge in [0.1, 0.15) is 0 Å². The van der Waals surface area contributed by atoms with Crippen molar-refractivity contribution in [2.45, 2.75) is 0 Å². The zero-order valence-electron chi connectivity index (χ0n) is 14.3. The molecule has 0 aliphatic rings. The molecular formula is C20H14Cl4N4. The third kappa shape index (κ3) is 4.97. The Hall–Kier alpha value is -2.24. The van der Waals surface area contributed by atoms with Gasteiger partial charge < -0.3 is 0 Å². The number of nitrogens with zero attached hydrogens (tertiary/aromatic N) is 2. The highest BCUT2D eigenvalue weighted by atomic mass is 35.5. The van der Waals surface area contributed by atoms with Crippen LogP contribution in [-0.2, 0) is 0 Å². The van der Waals surface area contributed by atoms with Crippen molar-refractivity contribution < 1.29 is 0 Å². The Kier molecular flexibility index (Phi) is 7.18. The lowest BCUT2D eigenvalue weighted by atomic mass is 10.1. The standard InChI is InChI=1S/C20H14Cl4N4/c21-17-15(11-25-27-13-7-3-1-4-8-13)18(22)20(24)16(19(17)23)12-26-28-14-9-5-2-6-10-14/h1-12,27-28H/b25-11-,26-12+. The summed E-state index contributed by atoms with van der Waals surface area (Å²) in [5, 5.41) is 9.21. The van der Waals surface area contributed by atoms with Crippen molar-refractivity contribution >= 4 is 70.2 Å². The molecule has 4 nitrogen and oxygen atoms in total. The summed E-state index contributed by atoms with van der Waals surface area (Å²) in [7, 11) is 0. The van der Waals surface area contributed by atoms with Crippen LogP contribution in [0.4, 0.5) is 11.4 Å². The molecule has 0 spiro atoms. The molecule has 0 aliphatic carbocycles. The molecule has 0 heterocycles. The van der Waals surface area contributed by atoms with Gasteiger partial charge in [0.15, 0.2) is 0 Å². The molecule has 3 aromatic carbocycles. The molecule has 0 bridgehead atoms. The highest BCUT2D eigenvalue weighted by molar-refractivity contribution is 6.51. The lowest BCUT2D eigenvalue weighted by molar-refractivity contribution is 1.34. The smallest absolute Gasteiger partial charge is 0.0703 e. The summed E-state index contributed by atoms with van der Waals surface area (Å²) in [5.41, 5.74) is 8.23. The Morgan fingerprint density at radius 2 is 0.857 bits per heavy atom. The van der Waals surface area contributed by atoms with Gasteiger partial charge >= 0.3 is 0 Å². The number of anilines is 2. The highest BCUT2D eigenvalue weighted by Crippen LogP contribution is 2.39. The van der Waals surface area contributed by atoms with Gasteiger partial charge in [0.2, 0.25) is 0 Å². The molecule has 0 amide bonds. The van der Waals surface area contributed by atoms with Gasteiger partial charge in [-0.25, -0.2) is 0 Å². The van der Waals surface area contributed by atoms with Gasteiger partial charge in [-0.2, -0.15) is 10.2 Å². The number of hydrogen-bond donors (Lipinski definition) is 2. The minimum atomic E-state index is 0.232. The number of rotatable bonds is 6. The molecular weight excluding hydrogens is 438 g/mol. The van der Waals surface area contributed by atoms with Gasteiger partial charge in [-0.05, 0) is 24.3 Å². The molecule has 28 heavy (non-hydrogen) atoms. The first-order valence-electron chi connectivity index (χ1n) is 8.12. The first-order valence-corrected chi connectivity index (χ1v) is 9.63. The van der Waals surface area contributed by atoms with Crippen LogP contribution in [0.15, 0.2) is 70.9 Å². The average Bonchev–Trinajstić information content (AvgIpc) is 2.73. The zero-order chi connectivity index (χ0) is 19.9. The van der Waals surface area contributed by atoms with Crippen molar-refractivity contribution in [2.24, 2.45) is 10.2 Å². The molecule has 3 aromatic rings. The van der Waals surface area contributed by atoms with E-state index in [-0.39, 0.29) is 20.1 Å². The van der Waals surface area contributed by atoms with E-state index >= 15 is 0 Å². The molecule has 0 aliphatic heterocycles. The summed E-state index contributed by atoms with van der Waals surface area (Å²) >= 11 is 25.5. The Bertz CT molecular complexity index is 894. The first-order chi connectivity index (χ1) is 13.6. The molecule has 8 heteroatoms. The normalized spacial score (nSPS) is 11.3. The van der Waals surface area contributed by atoms with E-state index < -0.39 is 0 Å². The minimum Gasteiger partial charge on any atom is -0.279 e. The van der Waals surface area contributed by atoms with Gasteiger partial charge in [0.25, 0.3) is 0 Å². The van der Waals surface area contributed by atoms with Crippen molar-refractivity contribution in [2.75, 3.05) is 10.9 Å². The molecule has 0 saturated carbocycles. The van der Waals surface area contributed by atoms with Crippen LogP contribution < -0.4 is 10.9 Å². The predicted octanol–water partition coefficient (Wildman–Crippen LogP) is 7.19. The van der Waals surface area contributed by atoms with Crippen LogP contribution in [0.2, 0.25) is 20.1 Å². The molecule has 0 fully saturated rings. The molecule has 142 valence electrons. The number of hydrogen-bond acceptors (Lipinski definition) is 4. The van der Waals surface area contributed by atoms with E-state index in [1.165, 1.54) is 12.4 Å². The Morgan fingerprint density at radius 1 is 0.536 bits per heavy atom. The van der Waals surface area contributed by atoms with Gasteiger partial charge in [0, 0.05) is 11.1 Å². The fourth-order valence-electron chi connectivity index (χ4n) is 2.26. The van der Waals surface area contributed by atoms with Crippen molar-refractivity contribution in [1.82, 2.24) is 0 Å². The number of benzene rings is 3. The van der Waals surface area contributed by atoms with E-state index in [2.05, 4.69) is 21.1 Å². The Balaban J connectivity index is 1.82. The average molecular weight is 452 g/mol. The van der Waals surface area contributed by atoms with Crippen molar-refractivity contribution in [3.8, 4) is 0 Å². The number of halogens is 4. The molecule has 3 rings (SSSR count). The highest BCUT2D eigenvalue weighted by Gasteiger charge is 2.18. The van der Waals surface area contributed by atoms with Crippen LogP contribution in [0.5, 0.6) is 0 Å². The van der Waals surface area contributed by atoms with Gasteiger partial charge in [0.05, 0.1) is 43.9 Å². The second-order valence-corrected chi connectivity index (χ2v) is 7.07. The molecule has 0 saturated heterocycles. The van der Waals surface area contributed by atoms with Gasteiger partial charge in [-0.1, -0.05) is 82.8 Å². The molecule has 0 unspecified atom stereocenters. The largest absolute Gasteiger partial charge is 0.279 e. The summed E-state index contributed by atoms with van der Waals surface area (Å²) in [6, 6.07) is 18.9. The lowest BCUT2D eigenvalue weighted by Crippen LogP contribution is -1.98. The summed E-state index contributed by atoms with van der Waals surface area (Å²) in [6.07, 6.45) is 2.94. The van der Waals surface area contributed by atoms with Crippen LogP contribution in [0, 0.1) is 0 Å². The fraction of sp³-hybridized carbons (Fsp3) is 0. The van der Waals surface area contributed by atoms with E-state index in [9.17, 15) is 0 Å². The fourth-order valence-corrected chi connectivity index (χ4v) is 3.34. The minimum absolute atomic E-state index is 0.232. The third-order valence-electron chi connectivity index (χ3n) is 3.65. The van der Waals surface area contributed by atoms with E-state index in [0.29, 0.717) is 11.1 Å². The summed E-state index contributed by atoms with van der Waals surface area (Å²) in [6.45, 7) is 0. The third-order valence-corrected chi connectivity index (χ3v) is 5.42. The number of para-hydroxylation sites is 2. The second-order valence-electron chi connectivity index (χ2n) is 5.56. The summed E-state index contributed by atoms with van der Waals surface area (Å²) in [5.74, 6) is 0. The van der Waals surface area contributed by atoms with Crippen LogP contribution >= 0.6 is 46.4 Å². The van der Waals surface area contributed by atoms with Crippen LogP contribution in [0.25, 0.3) is 0 Å². The summed E-state index contributed by atoms with van der Waals surface area (Å²) in [4.78, 5) is 0. The van der Waals surface area contributed by atoms with Crippen LogP contribution in [-0.4, -0.2) is 12.4 Å². The lowest BCUT2D eigenvalue weighted by Gasteiger charge is -2.11. The van der Waals surface area contributed by atoms with Gasteiger partial charge in [-0.3, -0.25) is 10.9 Å². The van der Waals surface area contributed by atoms with E-state index in [1.54, 1.807) is 0 Å². The maximum atomic E-state index is 6.38. The van der Waals surface area contributed by atoms with E-state index in [1.807, 2.05) is 60.7 Å². The zero-order valence-corrected chi connectivity index (χ0v) is 17.4. The second kappa shape index (κ2) is 9.80. The predicted molar refractivity (Wildman–Crippen MR) is 122 cm³/mol. The van der Waals surface area contributed by atoms with Gasteiger partial charge in [-0.15, -0.1) is 0 Å². The van der Waals surface area contributed by atoms with Crippen molar-refractivity contribution in [1.29, 1.82) is 0 Å². The van der Waals surface area contributed by atoms with E-state index in [4.69, 9.17) is 46.4 Å². The maximum Gasteiger partial charge on any atom is 0.0703 e. The van der Waals surface area contributed by atoms with Crippen LogP contribution in [0.3, 0.4) is 0 Å². The topological polar surface area (TPSA) is 48.8 Å². The number of nitrogens with one attached hydrogen (secondary N) is 2.